The lowest BCUT2D eigenvalue weighted by Gasteiger charge is -2.27. The summed E-state index contributed by atoms with van der Waals surface area (Å²) in [5.74, 6) is 0. The van der Waals surface area contributed by atoms with Crippen LogP contribution in [-0.2, 0) is 10.2 Å². The summed E-state index contributed by atoms with van der Waals surface area (Å²) in [4.78, 5) is 0. The van der Waals surface area contributed by atoms with Crippen LogP contribution in [0, 0.1) is 0 Å². The molecule has 0 spiro atoms. The highest BCUT2D eigenvalue weighted by Gasteiger charge is 2.38. The molecule has 0 saturated heterocycles. The lowest BCUT2D eigenvalue weighted by atomic mass is 10.3. The van der Waals surface area contributed by atoms with Crippen molar-refractivity contribution in [3.63, 3.8) is 0 Å². The Kier molecular flexibility index (Phi) is 4.91. The monoisotopic (exact) mass is 333 g/mol. The van der Waals surface area contributed by atoms with E-state index >= 15 is 0 Å². The van der Waals surface area contributed by atoms with Crippen molar-refractivity contribution in [2.24, 2.45) is 0 Å². The van der Waals surface area contributed by atoms with Crippen LogP contribution in [0.15, 0.2) is 30.3 Å². The van der Waals surface area contributed by atoms with Gasteiger partial charge in [0.2, 0.25) is 0 Å². The predicted molar refractivity (Wildman–Crippen MR) is 75.3 cm³/mol. The first kappa shape index (κ1) is 16.0. The van der Waals surface area contributed by atoms with Crippen molar-refractivity contribution < 1.29 is 12.8 Å². The molecular weight excluding hydrogens is 322 g/mol. The maximum Gasteiger partial charge on any atom is 0.383 e. The van der Waals surface area contributed by atoms with Gasteiger partial charge in [0.05, 0.1) is 14.1 Å². The summed E-state index contributed by atoms with van der Waals surface area (Å²) in [6.07, 6.45) is 0. The second kappa shape index (κ2) is 5.52. The van der Waals surface area contributed by atoms with Gasteiger partial charge in [0, 0.05) is 24.1 Å². The average Bonchev–Trinajstić information content (AvgIpc) is 2.27. The third-order valence-electron chi connectivity index (χ3n) is 2.24. The minimum absolute atomic E-state index is 0.0727. The van der Waals surface area contributed by atoms with E-state index in [2.05, 4.69) is 0 Å². The fraction of sp³-hybridized carbons (Fsp3) is 0.333. The smallest absolute Gasteiger partial charge is 0.194 e. The number of rotatable bonds is 5. The van der Waals surface area contributed by atoms with E-state index in [1.807, 2.05) is 4.13 Å². The second-order valence-corrected chi connectivity index (χ2v) is 8.77. The molecule has 4 nitrogen and oxygen atoms in total. The van der Waals surface area contributed by atoms with Crippen LogP contribution in [0.3, 0.4) is 0 Å². The number of alkyl halides is 3. The van der Waals surface area contributed by atoms with Crippen LogP contribution in [0.4, 0.5) is 10.1 Å². The van der Waals surface area contributed by atoms with Gasteiger partial charge in [-0.15, -0.1) is 4.13 Å². The Balaban J connectivity index is 2.97. The van der Waals surface area contributed by atoms with Crippen molar-refractivity contribution in [2.75, 3.05) is 14.1 Å². The van der Waals surface area contributed by atoms with Gasteiger partial charge in [0.15, 0.2) is 0 Å². The standard InChI is InChI=1S/C9H12Cl2FN2O2S2/c1-14(2,8-6-4-3-5-7-8)18(15,16)13-17-9(10,11)12/h3-7,13H,1-2H3/q+1. The Hall–Kier alpha value is -0.0500. The molecule has 18 heavy (non-hydrogen) atoms. The van der Waals surface area contributed by atoms with E-state index in [-0.39, 0.29) is 11.9 Å². The molecule has 0 aliphatic rings. The molecule has 0 aliphatic carbocycles. The number of quaternary nitrogens is 1. The van der Waals surface area contributed by atoms with E-state index in [0.29, 0.717) is 5.69 Å². The molecule has 0 radical (unpaired) electrons. The molecule has 0 atom stereocenters. The highest BCUT2D eigenvalue weighted by molar-refractivity contribution is 8.11. The largest absolute Gasteiger partial charge is 0.383 e. The fourth-order valence-electron chi connectivity index (χ4n) is 1.12. The normalized spacial score (nSPS) is 13.6. The van der Waals surface area contributed by atoms with Gasteiger partial charge < -0.3 is 0 Å². The maximum atomic E-state index is 12.9. The topological polar surface area (TPSA) is 46.2 Å². The van der Waals surface area contributed by atoms with Crippen LogP contribution in [0.1, 0.15) is 0 Å². The van der Waals surface area contributed by atoms with Crippen molar-refractivity contribution in [1.29, 1.82) is 0 Å². The third-order valence-corrected chi connectivity index (χ3v) is 5.52. The molecule has 9 heteroatoms. The first-order valence-corrected chi connectivity index (χ1v) is 7.74. The summed E-state index contributed by atoms with van der Waals surface area (Å²) >= 11 is 10.2. The van der Waals surface area contributed by atoms with Gasteiger partial charge in [-0.3, -0.25) is 0 Å². The van der Waals surface area contributed by atoms with Gasteiger partial charge in [-0.2, -0.15) is 16.7 Å². The highest BCUT2D eigenvalue weighted by atomic mass is 35.5. The first-order chi connectivity index (χ1) is 8.06. The molecule has 0 aliphatic heterocycles. The molecule has 0 fully saturated rings. The number of halogens is 3. The first-order valence-electron chi connectivity index (χ1n) is 4.72. The van der Waals surface area contributed by atoms with Gasteiger partial charge >= 0.3 is 14.1 Å². The zero-order valence-corrected chi connectivity index (χ0v) is 12.7. The third kappa shape index (κ3) is 3.97. The van der Waals surface area contributed by atoms with E-state index < -0.39 is 18.0 Å². The highest BCUT2D eigenvalue weighted by Crippen LogP contribution is 2.35. The van der Waals surface area contributed by atoms with Gasteiger partial charge in [-0.1, -0.05) is 41.4 Å². The molecule has 1 aromatic carbocycles. The number of para-hydroxylation sites is 1. The predicted octanol–water partition coefficient (Wildman–Crippen LogP) is 2.79. The van der Waals surface area contributed by atoms with Crippen LogP contribution in [0.25, 0.3) is 0 Å². The molecule has 0 heterocycles. The number of hydrogen-bond acceptors (Lipinski definition) is 3. The van der Waals surface area contributed by atoms with Gasteiger partial charge in [-0.05, 0) is 0 Å². The Bertz CT molecular complexity index is 503. The SMILES string of the molecule is C[N+](C)(c1ccccc1)S(=O)(=O)NSC(F)(Cl)Cl. The Morgan fingerprint density at radius 2 is 1.78 bits per heavy atom. The number of nitrogens with zero attached hydrogens (tertiary/aromatic N) is 1. The molecule has 1 rings (SSSR count). The number of hydrogen-bond donors (Lipinski definition) is 1. The summed E-state index contributed by atoms with van der Waals surface area (Å²) < 4.78 is 35.7. The van der Waals surface area contributed by atoms with Crippen LogP contribution in [0.5, 0.6) is 0 Å². The van der Waals surface area contributed by atoms with Crippen molar-refractivity contribution in [2.45, 2.75) is 3.92 Å². The van der Waals surface area contributed by atoms with Crippen molar-refractivity contribution >= 4 is 51.0 Å². The maximum absolute atomic E-state index is 12.9. The van der Waals surface area contributed by atoms with E-state index in [1.54, 1.807) is 30.3 Å². The number of nitrogens with one attached hydrogen (secondary N) is 1. The van der Waals surface area contributed by atoms with Gasteiger partial charge in [0.25, 0.3) is 0 Å². The summed E-state index contributed by atoms with van der Waals surface area (Å²) in [6, 6.07) is 8.48. The molecule has 0 aromatic heterocycles. The van der Waals surface area contributed by atoms with E-state index in [4.69, 9.17) is 23.2 Å². The number of benzene rings is 1. The molecule has 1 aromatic rings. The van der Waals surface area contributed by atoms with Gasteiger partial charge in [-0.25, -0.2) is 0 Å². The lowest BCUT2D eigenvalue weighted by Crippen LogP contribution is -2.51. The van der Waals surface area contributed by atoms with E-state index in [0.717, 1.165) is 0 Å². The minimum atomic E-state index is -3.90. The summed E-state index contributed by atoms with van der Waals surface area (Å²) in [5, 5.41) is 0. The molecule has 0 amide bonds. The Labute approximate surface area is 120 Å². The van der Waals surface area contributed by atoms with Crippen molar-refractivity contribution in [1.82, 2.24) is 8.02 Å². The van der Waals surface area contributed by atoms with E-state index in [1.165, 1.54) is 14.1 Å². The Morgan fingerprint density at radius 3 is 2.22 bits per heavy atom. The second-order valence-electron chi connectivity index (χ2n) is 3.79. The summed E-state index contributed by atoms with van der Waals surface area (Å²) in [6.45, 7) is 0. The summed E-state index contributed by atoms with van der Waals surface area (Å²) in [5.41, 5.74) is 0.513. The summed E-state index contributed by atoms with van der Waals surface area (Å²) in [7, 11) is -1.01. The van der Waals surface area contributed by atoms with Crippen molar-refractivity contribution in [3.05, 3.63) is 30.3 Å². The molecule has 1 N–H and O–H groups in total. The van der Waals surface area contributed by atoms with E-state index in [9.17, 15) is 12.8 Å². The van der Waals surface area contributed by atoms with Crippen LogP contribution in [0.2, 0.25) is 0 Å². The molecule has 0 unspecified atom stereocenters. The quantitative estimate of drug-likeness (QED) is 0.512. The van der Waals surface area contributed by atoms with Crippen molar-refractivity contribution in [3.8, 4) is 0 Å². The van der Waals surface area contributed by atoms with Crippen LogP contribution < -0.4 is 8.02 Å². The molecule has 102 valence electrons. The lowest BCUT2D eigenvalue weighted by molar-refractivity contribution is 0.503. The average molecular weight is 334 g/mol. The van der Waals surface area contributed by atoms with Crippen LogP contribution >= 0.6 is 35.1 Å². The zero-order chi connectivity index (χ0) is 14.0. The molecule has 0 bridgehead atoms. The molecular formula is C9H12Cl2FN2O2S2+. The fourth-order valence-corrected chi connectivity index (χ4v) is 3.63. The Morgan fingerprint density at radius 1 is 1.28 bits per heavy atom. The van der Waals surface area contributed by atoms with Crippen LogP contribution in [-0.4, -0.2) is 26.4 Å². The zero-order valence-electron chi connectivity index (χ0n) is 9.60. The minimum Gasteiger partial charge on any atom is -0.194 e. The molecule has 0 saturated carbocycles. The van der Waals surface area contributed by atoms with Gasteiger partial charge in [0.1, 0.15) is 5.69 Å².